The van der Waals surface area contributed by atoms with Crippen molar-refractivity contribution in [3.63, 3.8) is 0 Å². The minimum absolute atomic E-state index is 0.300. The smallest absolute Gasteiger partial charge is 0.0370 e. The van der Waals surface area contributed by atoms with E-state index in [0.717, 1.165) is 6.42 Å². The molecule has 0 saturated carbocycles. The maximum Gasteiger partial charge on any atom is 0.0370 e. The van der Waals surface area contributed by atoms with E-state index in [2.05, 4.69) is 80.5 Å². The standard InChI is InChI=1S/C16H17Br2N/c1-11-7-8-13(15(18)9-11)16(19-2)10-12-5-3-4-6-14(12)17/h3-9,16,19H,10H2,1-2H3. The van der Waals surface area contributed by atoms with Gasteiger partial charge >= 0.3 is 0 Å². The Balaban J connectivity index is 2.28. The third kappa shape index (κ3) is 3.68. The molecule has 0 aliphatic rings. The Bertz CT molecular complexity index is 566. The summed E-state index contributed by atoms with van der Waals surface area (Å²) in [7, 11) is 2.01. The topological polar surface area (TPSA) is 12.0 Å². The molecule has 1 nitrogen and oxygen atoms in total. The molecule has 0 heterocycles. The summed E-state index contributed by atoms with van der Waals surface area (Å²) >= 11 is 7.29. The minimum Gasteiger partial charge on any atom is -0.313 e. The maximum atomic E-state index is 3.67. The van der Waals surface area contributed by atoms with Gasteiger partial charge in [-0.15, -0.1) is 0 Å². The first-order chi connectivity index (χ1) is 9.11. The van der Waals surface area contributed by atoms with Gasteiger partial charge < -0.3 is 5.32 Å². The number of nitrogens with one attached hydrogen (secondary N) is 1. The lowest BCUT2D eigenvalue weighted by Crippen LogP contribution is -2.19. The Morgan fingerprint density at radius 3 is 2.42 bits per heavy atom. The van der Waals surface area contributed by atoms with Crippen molar-refractivity contribution in [2.75, 3.05) is 7.05 Å². The lowest BCUT2D eigenvalue weighted by Gasteiger charge is -2.19. The van der Waals surface area contributed by atoms with Gasteiger partial charge in [0.1, 0.15) is 0 Å². The van der Waals surface area contributed by atoms with E-state index in [4.69, 9.17) is 0 Å². The van der Waals surface area contributed by atoms with Gasteiger partial charge in [-0.3, -0.25) is 0 Å². The van der Waals surface area contributed by atoms with E-state index < -0.39 is 0 Å². The van der Waals surface area contributed by atoms with Crippen LogP contribution in [-0.4, -0.2) is 7.05 Å². The predicted octanol–water partition coefficient (Wildman–Crippen LogP) is 5.02. The van der Waals surface area contributed by atoms with Crippen LogP contribution >= 0.6 is 31.9 Å². The molecule has 2 aromatic rings. The summed E-state index contributed by atoms with van der Waals surface area (Å²) in [6.07, 6.45) is 0.958. The second-order valence-corrected chi connectivity index (χ2v) is 6.37. The number of benzene rings is 2. The van der Waals surface area contributed by atoms with Crippen LogP contribution in [0.15, 0.2) is 51.4 Å². The molecular weight excluding hydrogens is 366 g/mol. The van der Waals surface area contributed by atoms with Crippen molar-refractivity contribution in [1.29, 1.82) is 0 Å². The van der Waals surface area contributed by atoms with Crippen LogP contribution in [0.4, 0.5) is 0 Å². The summed E-state index contributed by atoms with van der Waals surface area (Å²) in [5.74, 6) is 0. The van der Waals surface area contributed by atoms with E-state index in [0.29, 0.717) is 6.04 Å². The zero-order valence-electron chi connectivity index (χ0n) is 11.1. The lowest BCUT2D eigenvalue weighted by molar-refractivity contribution is 0.588. The zero-order valence-corrected chi connectivity index (χ0v) is 14.3. The summed E-state index contributed by atoms with van der Waals surface area (Å²) < 4.78 is 2.33. The summed E-state index contributed by atoms with van der Waals surface area (Å²) in [6, 6.07) is 15.2. The molecule has 0 radical (unpaired) electrons. The number of hydrogen-bond donors (Lipinski definition) is 1. The molecule has 0 bridgehead atoms. The molecular formula is C16H17Br2N. The fourth-order valence-corrected chi connectivity index (χ4v) is 3.38. The Hall–Kier alpha value is -0.640. The monoisotopic (exact) mass is 381 g/mol. The molecule has 1 atom stereocenters. The first-order valence-corrected chi connectivity index (χ1v) is 7.87. The Morgan fingerprint density at radius 1 is 1.05 bits per heavy atom. The van der Waals surface area contributed by atoms with E-state index in [1.807, 2.05) is 13.1 Å². The predicted molar refractivity (Wildman–Crippen MR) is 88.5 cm³/mol. The van der Waals surface area contributed by atoms with Gasteiger partial charge in [0.15, 0.2) is 0 Å². The van der Waals surface area contributed by atoms with Gasteiger partial charge in [-0.05, 0) is 49.2 Å². The molecule has 100 valence electrons. The molecule has 0 aliphatic carbocycles. The van der Waals surface area contributed by atoms with Gasteiger partial charge in [0.2, 0.25) is 0 Å². The molecule has 3 heteroatoms. The molecule has 0 fully saturated rings. The third-order valence-electron chi connectivity index (χ3n) is 3.26. The highest BCUT2D eigenvalue weighted by Gasteiger charge is 2.14. The van der Waals surface area contributed by atoms with Crippen LogP contribution in [0, 0.1) is 6.92 Å². The van der Waals surface area contributed by atoms with Gasteiger partial charge in [-0.1, -0.05) is 62.2 Å². The van der Waals surface area contributed by atoms with E-state index in [-0.39, 0.29) is 0 Å². The molecule has 2 aromatic carbocycles. The third-order valence-corrected chi connectivity index (χ3v) is 4.72. The average Bonchev–Trinajstić information content (AvgIpc) is 2.39. The molecule has 0 aromatic heterocycles. The molecule has 0 saturated heterocycles. The van der Waals surface area contributed by atoms with Gasteiger partial charge in [0, 0.05) is 15.0 Å². The SMILES string of the molecule is CNC(Cc1ccccc1Br)c1ccc(C)cc1Br. The van der Waals surface area contributed by atoms with Gasteiger partial charge in [-0.25, -0.2) is 0 Å². The lowest BCUT2D eigenvalue weighted by atomic mass is 9.98. The van der Waals surface area contributed by atoms with Crippen molar-refractivity contribution in [2.24, 2.45) is 0 Å². The molecule has 2 rings (SSSR count). The highest BCUT2D eigenvalue weighted by molar-refractivity contribution is 9.10. The van der Waals surface area contributed by atoms with E-state index in [9.17, 15) is 0 Å². The van der Waals surface area contributed by atoms with E-state index in [1.165, 1.54) is 25.6 Å². The second kappa shape index (κ2) is 6.69. The summed E-state index contributed by atoms with van der Waals surface area (Å²) in [6.45, 7) is 2.11. The van der Waals surface area contributed by atoms with Crippen molar-refractivity contribution in [3.8, 4) is 0 Å². The summed E-state index contributed by atoms with van der Waals surface area (Å²) in [5, 5.41) is 3.40. The molecule has 0 spiro atoms. The molecule has 19 heavy (non-hydrogen) atoms. The number of likely N-dealkylation sites (N-methyl/N-ethyl adjacent to an activating group) is 1. The van der Waals surface area contributed by atoms with Crippen molar-refractivity contribution in [1.82, 2.24) is 5.32 Å². The Labute approximate surface area is 131 Å². The van der Waals surface area contributed by atoms with Crippen LogP contribution in [0.5, 0.6) is 0 Å². The number of halogens is 2. The van der Waals surface area contributed by atoms with Crippen LogP contribution in [0.1, 0.15) is 22.7 Å². The van der Waals surface area contributed by atoms with Crippen LogP contribution in [0.25, 0.3) is 0 Å². The molecule has 1 unspecified atom stereocenters. The average molecular weight is 383 g/mol. The number of hydrogen-bond acceptors (Lipinski definition) is 1. The first-order valence-electron chi connectivity index (χ1n) is 6.28. The zero-order chi connectivity index (χ0) is 13.8. The van der Waals surface area contributed by atoms with Crippen LogP contribution in [0.2, 0.25) is 0 Å². The fraction of sp³-hybridized carbons (Fsp3) is 0.250. The van der Waals surface area contributed by atoms with Crippen LogP contribution in [0.3, 0.4) is 0 Å². The van der Waals surface area contributed by atoms with Crippen molar-refractivity contribution in [3.05, 3.63) is 68.1 Å². The maximum absolute atomic E-state index is 3.67. The van der Waals surface area contributed by atoms with Crippen molar-refractivity contribution >= 4 is 31.9 Å². The molecule has 0 aliphatic heterocycles. The van der Waals surface area contributed by atoms with Crippen molar-refractivity contribution < 1.29 is 0 Å². The van der Waals surface area contributed by atoms with Gasteiger partial charge in [0.05, 0.1) is 0 Å². The quantitative estimate of drug-likeness (QED) is 0.782. The molecule has 0 amide bonds. The van der Waals surface area contributed by atoms with Gasteiger partial charge in [0.25, 0.3) is 0 Å². The van der Waals surface area contributed by atoms with E-state index >= 15 is 0 Å². The summed E-state index contributed by atoms with van der Waals surface area (Å²) in [5.41, 5.74) is 3.88. The van der Waals surface area contributed by atoms with Crippen LogP contribution in [-0.2, 0) is 6.42 Å². The molecule has 1 N–H and O–H groups in total. The largest absolute Gasteiger partial charge is 0.313 e. The summed E-state index contributed by atoms with van der Waals surface area (Å²) in [4.78, 5) is 0. The Morgan fingerprint density at radius 2 is 1.79 bits per heavy atom. The first kappa shape index (κ1) is 14.8. The van der Waals surface area contributed by atoms with E-state index in [1.54, 1.807) is 0 Å². The minimum atomic E-state index is 0.300. The van der Waals surface area contributed by atoms with Crippen molar-refractivity contribution in [2.45, 2.75) is 19.4 Å². The second-order valence-electron chi connectivity index (χ2n) is 4.66. The normalized spacial score (nSPS) is 12.4. The van der Waals surface area contributed by atoms with Crippen LogP contribution < -0.4 is 5.32 Å². The highest BCUT2D eigenvalue weighted by Crippen LogP contribution is 2.29. The number of aryl methyl sites for hydroxylation is 1. The van der Waals surface area contributed by atoms with Gasteiger partial charge in [-0.2, -0.15) is 0 Å². The highest BCUT2D eigenvalue weighted by atomic mass is 79.9. The number of rotatable bonds is 4. The Kier molecular flexibility index (Phi) is 5.20. The fourth-order valence-electron chi connectivity index (χ4n) is 2.17.